The molecule has 4 rings (SSSR count). The number of rotatable bonds is 1. The third-order valence-electron chi connectivity index (χ3n) is 4.39. The summed E-state index contributed by atoms with van der Waals surface area (Å²) < 4.78 is 0. The Bertz CT molecular complexity index is 942. The number of hydrogen-bond acceptors (Lipinski definition) is 0. The Labute approximate surface area is 131 Å². The van der Waals surface area contributed by atoms with Crippen molar-refractivity contribution < 1.29 is 0 Å². The molecule has 0 bridgehead atoms. The average Bonchev–Trinajstić information content (AvgIpc) is 2.57. The van der Waals surface area contributed by atoms with E-state index in [0.717, 1.165) is 16.2 Å². The number of fused-ring (bicyclic) bond motifs is 2. The molecule has 0 unspecified atom stereocenters. The number of benzene rings is 4. The van der Waals surface area contributed by atoms with Gasteiger partial charge in [-0.3, -0.25) is 0 Å². The van der Waals surface area contributed by atoms with Crippen LogP contribution in [0.1, 0.15) is 5.56 Å². The van der Waals surface area contributed by atoms with Crippen molar-refractivity contribution in [3.05, 3.63) is 78.4 Å². The number of aryl methyl sites for hydroxylation is 1. The van der Waals surface area contributed by atoms with Crippen molar-refractivity contribution in [2.45, 2.75) is 6.92 Å². The van der Waals surface area contributed by atoms with Crippen molar-refractivity contribution in [2.75, 3.05) is 0 Å². The third-order valence-corrected chi connectivity index (χ3v) is 4.39. The summed E-state index contributed by atoms with van der Waals surface area (Å²) in [4.78, 5) is 0. The van der Waals surface area contributed by atoms with Gasteiger partial charge in [-0.15, -0.1) is 0 Å². The van der Waals surface area contributed by atoms with E-state index in [1.807, 2.05) is 0 Å². The highest BCUT2D eigenvalue weighted by Crippen LogP contribution is 2.36. The van der Waals surface area contributed by atoms with Crippen molar-refractivity contribution in [2.24, 2.45) is 0 Å². The number of hydrogen-bond donors (Lipinski definition) is 0. The average molecular weight is 278 g/mol. The Morgan fingerprint density at radius 2 is 1.05 bits per heavy atom. The fourth-order valence-electron chi connectivity index (χ4n) is 3.31. The third kappa shape index (κ3) is 1.86. The fraction of sp³-hybridized carbons (Fsp3) is 0.0476. The van der Waals surface area contributed by atoms with Gasteiger partial charge in [0.1, 0.15) is 7.85 Å². The molecule has 0 aromatic heterocycles. The van der Waals surface area contributed by atoms with E-state index < -0.39 is 0 Å². The molecule has 0 spiro atoms. The Balaban J connectivity index is 2.29. The Hall–Kier alpha value is -2.54. The van der Waals surface area contributed by atoms with Crippen LogP contribution in [0, 0.1) is 6.92 Å². The molecule has 0 nitrogen and oxygen atoms in total. The molecule has 0 saturated heterocycles. The lowest BCUT2D eigenvalue weighted by Gasteiger charge is -2.16. The first-order valence-corrected chi connectivity index (χ1v) is 7.52. The van der Waals surface area contributed by atoms with Crippen LogP contribution < -0.4 is 5.46 Å². The van der Waals surface area contributed by atoms with E-state index in [0.29, 0.717) is 0 Å². The molecule has 1 heteroatoms. The summed E-state index contributed by atoms with van der Waals surface area (Å²) >= 11 is 0. The molecule has 0 amide bonds. The van der Waals surface area contributed by atoms with Crippen LogP contribution in [-0.4, -0.2) is 7.85 Å². The molecule has 2 radical (unpaired) electrons. The van der Waals surface area contributed by atoms with E-state index in [1.54, 1.807) is 0 Å². The van der Waals surface area contributed by atoms with Crippen LogP contribution in [0.3, 0.4) is 0 Å². The molecular weight excluding hydrogens is 263 g/mol. The highest BCUT2D eigenvalue weighted by molar-refractivity contribution is 6.46. The Morgan fingerprint density at radius 1 is 0.591 bits per heavy atom. The molecule has 4 aromatic carbocycles. The van der Waals surface area contributed by atoms with E-state index in [1.165, 1.54) is 27.5 Å². The largest absolute Gasteiger partial charge is 0.115 e. The smallest absolute Gasteiger partial charge is 0.0812 e. The van der Waals surface area contributed by atoms with Crippen LogP contribution in [0.4, 0.5) is 0 Å². The minimum atomic E-state index is 0.864. The van der Waals surface area contributed by atoms with Crippen LogP contribution in [0.5, 0.6) is 0 Å². The standard InChI is InChI=1S/C21H15B/c1-14-8-2-3-9-15(14)20-16-10-4-6-12-18(16)21(22)19-13-7-5-11-17(19)20/h2-13H,1H3. The van der Waals surface area contributed by atoms with E-state index in [9.17, 15) is 0 Å². The van der Waals surface area contributed by atoms with Gasteiger partial charge in [-0.1, -0.05) is 78.3 Å². The topological polar surface area (TPSA) is 0 Å². The van der Waals surface area contributed by atoms with Gasteiger partial charge in [0.2, 0.25) is 0 Å². The molecule has 22 heavy (non-hydrogen) atoms. The van der Waals surface area contributed by atoms with Gasteiger partial charge in [0.25, 0.3) is 0 Å². The zero-order valence-corrected chi connectivity index (χ0v) is 12.5. The van der Waals surface area contributed by atoms with E-state index in [4.69, 9.17) is 7.85 Å². The summed E-state index contributed by atoms with van der Waals surface area (Å²) in [5.74, 6) is 0. The van der Waals surface area contributed by atoms with Crippen LogP contribution in [0.25, 0.3) is 32.7 Å². The summed E-state index contributed by atoms with van der Waals surface area (Å²) in [6.07, 6.45) is 0. The predicted molar refractivity (Wildman–Crippen MR) is 97.0 cm³/mol. The van der Waals surface area contributed by atoms with Gasteiger partial charge in [-0.25, -0.2) is 0 Å². The maximum Gasteiger partial charge on any atom is 0.115 e. The van der Waals surface area contributed by atoms with Gasteiger partial charge in [0, 0.05) is 0 Å². The summed E-state index contributed by atoms with van der Waals surface area (Å²) in [5.41, 5.74) is 4.69. The molecule has 4 aromatic rings. The van der Waals surface area contributed by atoms with Crippen LogP contribution in [0.15, 0.2) is 72.8 Å². The van der Waals surface area contributed by atoms with E-state index >= 15 is 0 Å². The van der Waals surface area contributed by atoms with Gasteiger partial charge in [-0.2, -0.15) is 0 Å². The molecule has 0 atom stereocenters. The van der Waals surface area contributed by atoms with Crippen LogP contribution in [-0.2, 0) is 0 Å². The molecule has 0 N–H and O–H groups in total. The zero-order valence-electron chi connectivity index (χ0n) is 12.5. The fourth-order valence-corrected chi connectivity index (χ4v) is 3.31. The quantitative estimate of drug-likeness (QED) is 0.348. The summed E-state index contributed by atoms with van der Waals surface area (Å²) in [6.45, 7) is 2.16. The maximum atomic E-state index is 6.44. The second-order valence-electron chi connectivity index (χ2n) is 5.69. The SMILES string of the molecule is [B]c1c2ccccc2c(-c2ccccc2C)c2ccccc12. The van der Waals surface area contributed by atoms with Gasteiger partial charge in [0.05, 0.1) is 0 Å². The molecule has 0 saturated carbocycles. The molecule has 102 valence electrons. The van der Waals surface area contributed by atoms with Crippen LogP contribution in [0.2, 0.25) is 0 Å². The van der Waals surface area contributed by atoms with Crippen LogP contribution >= 0.6 is 0 Å². The second-order valence-corrected chi connectivity index (χ2v) is 5.69. The molecule has 0 heterocycles. The van der Waals surface area contributed by atoms with Crippen molar-refractivity contribution in [3.63, 3.8) is 0 Å². The lowest BCUT2D eigenvalue weighted by molar-refractivity contribution is 1.47. The van der Waals surface area contributed by atoms with Crippen molar-refractivity contribution in [1.29, 1.82) is 0 Å². The molecule has 0 aliphatic carbocycles. The Morgan fingerprint density at radius 3 is 1.59 bits per heavy atom. The Kier molecular flexibility index (Phi) is 3.01. The normalized spacial score (nSPS) is 11.1. The van der Waals surface area contributed by atoms with E-state index in [2.05, 4.69) is 79.7 Å². The monoisotopic (exact) mass is 278 g/mol. The second kappa shape index (κ2) is 5.03. The first-order valence-electron chi connectivity index (χ1n) is 7.52. The first-order chi connectivity index (χ1) is 10.8. The van der Waals surface area contributed by atoms with E-state index in [-0.39, 0.29) is 0 Å². The molecule has 0 aliphatic rings. The van der Waals surface area contributed by atoms with Crippen molar-refractivity contribution >= 4 is 34.9 Å². The lowest BCUT2D eigenvalue weighted by Crippen LogP contribution is -2.07. The highest BCUT2D eigenvalue weighted by Gasteiger charge is 2.13. The molecule has 0 fully saturated rings. The minimum absolute atomic E-state index is 0.864. The lowest BCUT2D eigenvalue weighted by atomic mass is 9.80. The van der Waals surface area contributed by atoms with Gasteiger partial charge >= 0.3 is 0 Å². The first kappa shape index (κ1) is 13.2. The van der Waals surface area contributed by atoms with Gasteiger partial charge in [-0.05, 0) is 45.2 Å². The predicted octanol–water partition coefficient (Wildman–Crippen LogP) is 4.76. The summed E-state index contributed by atoms with van der Waals surface area (Å²) in [5, 5.41) is 4.68. The summed E-state index contributed by atoms with van der Waals surface area (Å²) in [7, 11) is 6.44. The molecular formula is C21H15B. The minimum Gasteiger partial charge on any atom is -0.0812 e. The van der Waals surface area contributed by atoms with Gasteiger partial charge in [0.15, 0.2) is 0 Å². The van der Waals surface area contributed by atoms with Crippen molar-refractivity contribution in [1.82, 2.24) is 0 Å². The maximum absolute atomic E-state index is 6.44. The highest BCUT2D eigenvalue weighted by atomic mass is 14.2. The van der Waals surface area contributed by atoms with Gasteiger partial charge < -0.3 is 0 Å². The molecule has 0 aliphatic heterocycles. The van der Waals surface area contributed by atoms with Crippen molar-refractivity contribution in [3.8, 4) is 11.1 Å². The summed E-state index contributed by atoms with van der Waals surface area (Å²) in [6, 6.07) is 25.4. The zero-order chi connectivity index (χ0) is 15.1.